The highest BCUT2D eigenvalue weighted by atomic mass is 16.1. The second kappa shape index (κ2) is 6.54. The maximum absolute atomic E-state index is 11.9. The number of imidazole rings is 1. The van der Waals surface area contributed by atoms with E-state index in [1.807, 2.05) is 6.92 Å². The highest BCUT2D eigenvalue weighted by Crippen LogP contribution is 2.10. The van der Waals surface area contributed by atoms with Crippen molar-refractivity contribution in [2.75, 3.05) is 26.2 Å². The molecule has 1 atom stereocenters. The third-order valence-electron chi connectivity index (χ3n) is 3.39. The van der Waals surface area contributed by atoms with Gasteiger partial charge in [0.2, 0.25) is 5.91 Å². The third kappa shape index (κ3) is 3.84. The van der Waals surface area contributed by atoms with Crippen molar-refractivity contribution >= 4 is 5.91 Å². The van der Waals surface area contributed by atoms with Crippen LogP contribution in [0.2, 0.25) is 0 Å². The van der Waals surface area contributed by atoms with Gasteiger partial charge in [0.05, 0.1) is 0 Å². The maximum Gasteiger partial charge on any atom is 0.224 e. The first-order chi connectivity index (χ1) is 8.75. The van der Waals surface area contributed by atoms with Gasteiger partial charge < -0.3 is 15.2 Å². The Morgan fingerprint density at radius 1 is 1.56 bits per heavy atom. The fourth-order valence-electron chi connectivity index (χ4n) is 2.35. The van der Waals surface area contributed by atoms with E-state index in [2.05, 4.69) is 20.2 Å². The summed E-state index contributed by atoms with van der Waals surface area (Å²) >= 11 is 0. The van der Waals surface area contributed by atoms with Gasteiger partial charge in [0.1, 0.15) is 5.82 Å². The number of carbonyl (C=O) groups is 1. The number of carbonyl (C=O) groups excluding carboxylic acids is 1. The van der Waals surface area contributed by atoms with Gasteiger partial charge in [0.15, 0.2) is 0 Å². The second-order valence-electron chi connectivity index (χ2n) is 4.99. The van der Waals surface area contributed by atoms with Crippen molar-refractivity contribution in [2.45, 2.75) is 26.2 Å². The summed E-state index contributed by atoms with van der Waals surface area (Å²) in [5.41, 5.74) is 0. The van der Waals surface area contributed by atoms with Gasteiger partial charge in [-0.1, -0.05) is 6.92 Å². The predicted molar refractivity (Wildman–Crippen MR) is 70.1 cm³/mol. The van der Waals surface area contributed by atoms with Crippen LogP contribution in [0.25, 0.3) is 0 Å². The molecule has 1 fully saturated rings. The van der Waals surface area contributed by atoms with Crippen LogP contribution in [0.1, 0.15) is 25.6 Å². The van der Waals surface area contributed by atoms with Crippen molar-refractivity contribution in [3.8, 4) is 0 Å². The highest BCUT2D eigenvalue weighted by Gasteiger charge is 2.19. The van der Waals surface area contributed by atoms with Crippen LogP contribution in [0.3, 0.4) is 0 Å². The van der Waals surface area contributed by atoms with E-state index in [-0.39, 0.29) is 11.8 Å². The van der Waals surface area contributed by atoms with E-state index in [1.54, 1.807) is 12.4 Å². The van der Waals surface area contributed by atoms with Crippen molar-refractivity contribution in [3.05, 3.63) is 18.2 Å². The zero-order valence-corrected chi connectivity index (χ0v) is 11.0. The first-order valence-electron chi connectivity index (χ1n) is 6.74. The molecule has 1 aliphatic rings. The molecule has 1 amide bonds. The lowest BCUT2D eigenvalue weighted by Crippen LogP contribution is -2.37. The van der Waals surface area contributed by atoms with E-state index in [4.69, 9.17) is 0 Å². The summed E-state index contributed by atoms with van der Waals surface area (Å²) in [6.07, 6.45) is 6.83. The predicted octanol–water partition coefficient (Wildman–Crippen LogP) is 0.800. The normalized spacial score (nSPS) is 17.8. The molecular formula is C13H22N4O. The molecule has 1 saturated heterocycles. The highest BCUT2D eigenvalue weighted by molar-refractivity contribution is 5.78. The maximum atomic E-state index is 11.9. The fraction of sp³-hybridized carbons (Fsp3) is 0.692. The summed E-state index contributed by atoms with van der Waals surface area (Å²) in [4.78, 5) is 21.4. The SMILES string of the molecule is C[C@H](CN1CCCC1)C(=O)NCCc1ncc[nH]1. The number of aromatic nitrogens is 2. The summed E-state index contributed by atoms with van der Waals surface area (Å²) in [7, 11) is 0. The molecule has 18 heavy (non-hydrogen) atoms. The van der Waals surface area contributed by atoms with Gasteiger partial charge >= 0.3 is 0 Å². The molecule has 5 heteroatoms. The largest absolute Gasteiger partial charge is 0.355 e. The first-order valence-corrected chi connectivity index (χ1v) is 6.74. The number of H-pyrrole nitrogens is 1. The summed E-state index contributed by atoms with van der Waals surface area (Å²) in [5.74, 6) is 1.13. The molecule has 1 aromatic rings. The van der Waals surface area contributed by atoms with Crippen molar-refractivity contribution < 1.29 is 4.79 Å². The van der Waals surface area contributed by atoms with E-state index >= 15 is 0 Å². The fourth-order valence-corrected chi connectivity index (χ4v) is 2.35. The Bertz CT molecular complexity index is 357. The van der Waals surface area contributed by atoms with Gasteiger partial charge in [0, 0.05) is 37.8 Å². The lowest BCUT2D eigenvalue weighted by atomic mass is 10.1. The van der Waals surface area contributed by atoms with Gasteiger partial charge in [-0.15, -0.1) is 0 Å². The molecule has 2 rings (SSSR count). The topological polar surface area (TPSA) is 61.0 Å². The number of rotatable bonds is 6. The van der Waals surface area contributed by atoms with Gasteiger partial charge in [-0.05, 0) is 25.9 Å². The molecule has 1 aliphatic heterocycles. The number of nitrogens with zero attached hydrogens (tertiary/aromatic N) is 2. The summed E-state index contributed by atoms with van der Waals surface area (Å²) in [6, 6.07) is 0. The molecule has 0 aliphatic carbocycles. The zero-order valence-electron chi connectivity index (χ0n) is 11.0. The molecule has 1 aromatic heterocycles. The van der Waals surface area contributed by atoms with E-state index < -0.39 is 0 Å². The van der Waals surface area contributed by atoms with Gasteiger partial charge in [-0.3, -0.25) is 4.79 Å². The third-order valence-corrected chi connectivity index (χ3v) is 3.39. The lowest BCUT2D eigenvalue weighted by molar-refractivity contribution is -0.124. The number of aromatic amines is 1. The molecule has 5 nitrogen and oxygen atoms in total. The Morgan fingerprint density at radius 3 is 3.00 bits per heavy atom. The molecule has 0 radical (unpaired) electrons. The monoisotopic (exact) mass is 250 g/mol. The van der Waals surface area contributed by atoms with Crippen LogP contribution in [-0.4, -0.2) is 47.0 Å². The Hall–Kier alpha value is -1.36. The minimum absolute atomic E-state index is 0.0692. The number of hydrogen-bond donors (Lipinski definition) is 2. The average Bonchev–Trinajstić information content (AvgIpc) is 3.01. The van der Waals surface area contributed by atoms with Crippen molar-refractivity contribution in [1.82, 2.24) is 20.2 Å². The molecule has 2 heterocycles. The van der Waals surface area contributed by atoms with Crippen LogP contribution in [0, 0.1) is 5.92 Å². The number of likely N-dealkylation sites (tertiary alicyclic amines) is 1. The van der Waals surface area contributed by atoms with Crippen LogP contribution < -0.4 is 5.32 Å². The first kappa shape index (κ1) is 13.1. The molecule has 0 bridgehead atoms. The Balaban J connectivity index is 1.64. The van der Waals surface area contributed by atoms with Crippen molar-refractivity contribution in [1.29, 1.82) is 0 Å². The quantitative estimate of drug-likeness (QED) is 0.785. The molecule has 0 aromatic carbocycles. The van der Waals surface area contributed by atoms with Crippen LogP contribution in [0.15, 0.2) is 12.4 Å². The van der Waals surface area contributed by atoms with Crippen LogP contribution in [0.5, 0.6) is 0 Å². The van der Waals surface area contributed by atoms with Gasteiger partial charge in [-0.2, -0.15) is 0 Å². The van der Waals surface area contributed by atoms with Gasteiger partial charge in [-0.25, -0.2) is 4.98 Å². The van der Waals surface area contributed by atoms with Crippen LogP contribution >= 0.6 is 0 Å². The van der Waals surface area contributed by atoms with E-state index in [0.717, 1.165) is 31.9 Å². The van der Waals surface area contributed by atoms with Gasteiger partial charge in [0.25, 0.3) is 0 Å². The van der Waals surface area contributed by atoms with Crippen LogP contribution in [0.4, 0.5) is 0 Å². The van der Waals surface area contributed by atoms with Crippen molar-refractivity contribution in [2.24, 2.45) is 5.92 Å². The molecule has 100 valence electrons. The zero-order chi connectivity index (χ0) is 12.8. The molecule has 0 saturated carbocycles. The summed E-state index contributed by atoms with van der Waals surface area (Å²) in [6.45, 7) is 5.82. The Labute approximate surface area is 108 Å². The van der Waals surface area contributed by atoms with E-state index in [0.29, 0.717) is 6.54 Å². The summed E-state index contributed by atoms with van der Waals surface area (Å²) in [5, 5.41) is 2.97. The Kier molecular flexibility index (Phi) is 4.75. The van der Waals surface area contributed by atoms with Crippen molar-refractivity contribution in [3.63, 3.8) is 0 Å². The minimum Gasteiger partial charge on any atom is -0.355 e. The summed E-state index contributed by atoms with van der Waals surface area (Å²) < 4.78 is 0. The minimum atomic E-state index is 0.0692. The second-order valence-corrected chi connectivity index (χ2v) is 4.99. The molecule has 0 unspecified atom stereocenters. The number of nitrogens with one attached hydrogen (secondary N) is 2. The molecule has 0 spiro atoms. The van der Waals surface area contributed by atoms with E-state index in [9.17, 15) is 4.79 Å². The molecular weight excluding hydrogens is 228 g/mol. The average molecular weight is 250 g/mol. The number of hydrogen-bond acceptors (Lipinski definition) is 3. The standard InChI is InChI=1S/C13H22N4O/c1-11(10-17-8-2-3-9-17)13(18)16-5-4-12-14-6-7-15-12/h6-7,11H,2-5,8-10H2,1H3,(H,14,15)(H,16,18)/t11-/m1/s1. The lowest BCUT2D eigenvalue weighted by Gasteiger charge is -2.19. The number of amides is 1. The van der Waals surface area contributed by atoms with E-state index in [1.165, 1.54) is 12.8 Å². The van der Waals surface area contributed by atoms with Crippen LogP contribution in [-0.2, 0) is 11.2 Å². The Morgan fingerprint density at radius 2 is 2.33 bits per heavy atom. The molecule has 2 N–H and O–H groups in total. The smallest absolute Gasteiger partial charge is 0.224 e.